The van der Waals surface area contributed by atoms with E-state index in [1.54, 1.807) is 25.1 Å². The summed E-state index contributed by atoms with van der Waals surface area (Å²) in [6.07, 6.45) is -4.34. The van der Waals surface area contributed by atoms with Crippen LogP contribution in [0.1, 0.15) is 34.8 Å². The number of thioether (sulfide) groups is 1. The van der Waals surface area contributed by atoms with Crippen molar-refractivity contribution in [1.29, 1.82) is 0 Å². The second kappa shape index (κ2) is 9.97. The molecule has 0 aliphatic heterocycles. The minimum atomic E-state index is -4.38. The van der Waals surface area contributed by atoms with Crippen LogP contribution in [0.15, 0.2) is 41.3 Å². The van der Waals surface area contributed by atoms with Gasteiger partial charge in [-0.15, -0.1) is 11.8 Å². The number of carbonyl (C=O) groups is 2. The molecule has 0 saturated heterocycles. The zero-order valence-electron chi connectivity index (χ0n) is 16.7. The number of hydrogen-bond donors (Lipinski definition) is 0. The highest BCUT2D eigenvalue weighted by Crippen LogP contribution is 2.34. The van der Waals surface area contributed by atoms with Crippen molar-refractivity contribution in [3.8, 4) is 0 Å². The third-order valence-electron chi connectivity index (χ3n) is 4.28. The molecule has 2 aromatic rings. The van der Waals surface area contributed by atoms with Crippen LogP contribution in [0.5, 0.6) is 0 Å². The van der Waals surface area contributed by atoms with E-state index in [4.69, 9.17) is 4.74 Å². The maximum Gasteiger partial charge on any atom is 0.398 e. The van der Waals surface area contributed by atoms with Gasteiger partial charge in [0, 0.05) is 11.3 Å². The van der Waals surface area contributed by atoms with Crippen LogP contribution < -0.4 is 4.90 Å². The molecule has 2 aromatic carbocycles. The molecular formula is C21H21F4NO3S. The molecule has 0 fully saturated rings. The fourth-order valence-electron chi connectivity index (χ4n) is 2.80. The smallest absolute Gasteiger partial charge is 0.398 e. The molecule has 2 rings (SSSR count). The Morgan fingerprint density at radius 1 is 1.17 bits per heavy atom. The van der Waals surface area contributed by atoms with Crippen molar-refractivity contribution in [3.63, 3.8) is 0 Å². The van der Waals surface area contributed by atoms with E-state index in [2.05, 4.69) is 0 Å². The summed E-state index contributed by atoms with van der Waals surface area (Å²) >= 11 is 0.528. The minimum Gasteiger partial charge on any atom is -0.465 e. The number of anilines is 1. The maximum absolute atomic E-state index is 14.8. The van der Waals surface area contributed by atoms with Crippen molar-refractivity contribution in [2.45, 2.75) is 37.9 Å². The normalized spacial score (nSPS) is 11.3. The lowest BCUT2D eigenvalue weighted by atomic mass is 10.1. The number of aryl methyl sites for hydroxylation is 1. The molecule has 9 heteroatoms. The lowest BCUT2D eigenvalue weighted by Crippen LogP contribution is -2.31. The van der Waals surface area contributed by atoms with Crippen molar-refractivity contribution in [3.05, 3.63) is 58.9 Å². The number of halogens is 4. The van der Waals surface area contributed by atoms with E-state index < -0.39 is 29.6 Å². The highest BCUT2D eigenvalue weighted by molar-refractivity contribution is 7.99. The monoisotopic (exact) mass is 443 g/mol. The summed E-state index contributed by atoms with van der Waals surface area (Å²) < 4.78 is 57.4. The Labute approximate surface area is 176 Å². The quantitative estimate of drug-likeness (QED) is 0.321. The number of benzene rings is 2. The summed E-state index contributed by atoms with van der Waals surface area (Å²) in [5, 5.41) is 0. The van der Waals surface area contributed by atoms with Gasteiger partial charge in [0.25, 0.3) is 0 Å². The Kier molecular flexibility index (Phi) is 7.89. The van der Waals surface area contributed by atoms with Crippen LogP contribution in [-0.4, -0.2) is 30.9 Å². The summed E-state index contributed by atoms with van der Waals surface area (Å²) in [5.41, 5.74) is 0.838. The Morgan fingerprint density at radius 3 is 2.43 bits per heavy atom. The van der Waals surface area contributed by atoms with E-state index in [9.17, 15) is 27.2 Å². The Balaban J connectivity index is 2.48. The van der Waals surface area contributed by atoms with Gasteiger partial charge in [-0.2, -0.15) is 13.2 Å². The second-order valence-corrected chi connectivity index (χ2v) is 7.47. The molecule has 0 aliphatic carbocycles. The molecule has 0 unspecified atom stereocenters. The van der Waals surface area contributed by atoms with Crippen LogP contribution in [0.4, 0.5) is 23.2 Å². The first kappa shape index (κ1) is 23.7. The van der Waals surface area contributed by atoms with Gasteiger partial charge >= 0.3 is 12.1 Å². The SMILES string of the molecule is CCC(=O)N(Cc1ccccc1C(=O)OC)c1cc(SCC(F)(F)F)c(C)cc1F. The molecule has 0 saturated carbocycles. The number of nitrogens with zero attached hydrogens (tertiary/aromatic N) is 1. The van der Waals surface area contributed by atoms with Crippen molar-refractivity contribution >= 4 is 29.3 Å². The van der Waals surface area contributed by atoms with E-state index in [1.165, 1.54) is 26.2 Å². The number of alkyl halides is 3. The first-order valence-corrected chi connectivity index (χ1v) is 10.0. The van der Waals surface area contributed by atoms with E-state index in [0.717, 1.165) is 11.0 Å². The van der Waals surface area contributed by atoms with Gasteiger partial charge in [0.1, 0.15) is 5.82 Å². The first-order valence-electron chi connectivity index (χ1n) is 9.03. The molecule has 0 N–H and O–H groups in total. The average Bonchev–Trinajstić information content (AvgIpc) is 2.70. The van der Waals surface area contributed by atoms with Gasteiger partial charge in [-0.05, 0) is 36.2 Å². The molecule has 4 nitrogen and oxygen atoms in total. The number of carbonyl (C=O) groups excluding carboxylic acids is 2. The van der Waals surface area contributed by atoms with Crippen molar-refractivity contribution in [2.24, 2.45) is 0 Å². The molecule has 1 amide bonds. The molecule has 0 spiro atoms. The third-order valence-corrected chi connectivity index (χ3v) is 5.50. The number of amides is 1. The Hall–Kier alpha value is -2.55. The lowest BCUT2D eigenvalue weighted by Gasteiger charge is -2.25. The van der Waals surface area contributed by atoms with Gasteiger partial charge in [0.15, 0.2) is 0 Å². The summed E-state index contributed by atoms with van der Waals surface area (Å²) in [7, 11) is 1.22. The van der Waals surface area contributed by atoms with Crippen molar-refractivity contribution in [1.82, 2.24) is 0 Å². The number of hydrogen-bond acceptors (Lipinski definition) is 4. The highest BCUT2D eigenvalue weighted by Gasteiger charge is 2.28. The van der Waals surface area contributed by atoms with E-state index in [-0.39, 0.29) is 29.1 Å². The van der Waals surface area contributed by atoms with Gasteiger partial charge < -0.3 is 9.64 Å². The molecule has 0 aromatic heterocycles. The van der Waals surface area contributed by atoms with Crippen LogP contribution in [0.2, 0.25) is 0 Å². The molecule has 0 atom stereocenters. The largest absolute Gasteiger partial charge is 0.465 e. The number of methoxy groups -OCH3 is 1. The maximum atomic E-state index is 14.8. The lowest BCUT2D eigenvalue weighted by molar-refractivity contribution is -0.118. The van der Waals surface area contributed by atoms with Crippen LogP contribution in [0.25, 0.3) is 0 Å². The highest BCUT2D eigenvalue weighted by atomic mass is 32.2. The topological polar surface area (TPSA) is 46.6 Å². The molecule has 162 valence electrons. The third kappa shape index (κ3) is 5.98. The first-order chi connectivity index (χ1) is 14.1. The number of esters is 1. The molecular weight excluding hydrogens is 422 g/mol. The Morgan fingerprint density at radius 2 is 1.83 bits per heavy atom. The van der Waals surface area contributed by atoms with Crippen molar-refractivity contribution < 1.29 is 31.9 Å². The second-order valence-electron chi connectivity index (χ2n) is 6.46. The molecule has 0 bridgehead atoms. The van der Waals surface area contributed by atoms with Crippen LogP contribution in [0, 0.1) is 12.7 Å². The van der Waals surface area contributed by atoms with Gasteiger partial charge in [-0.25, -0.2) is 9.18 Å². The average molecular weight is 443 g/mol. The number of rotatable bonds is 7. The zero-order chi connectivity index (χ0) is 22.5. The van der Waals surface area contributed by atoms with Gasteiger partial charge in [-0.1, -0.05) is 25.1 Å². The fraction of sp³-hybridized carbons (Fsp3) is 0.333. The standard InChI is InChI=1S/C21H21F4NO3S/c1-4-19(27)26(11-14-7-5-6-8-15(14)20(28)29-3)17-10-18(13(2)9-16(17)22)30-12-21(23,24)25/h5-10H,4,11-12H2,1-3H3. The minimum absolute atomic E-state index is 0.0404. The van der Waals surface area contributed by atoms with Gasteiger partial charge in [0.2, 0.25) is 5.91 Å². The summed E-state index contributed by atoms with van der Waals surface area (Å²) in [5.74, 6) is -2.92. The van der Waals surface area contributed by atoms with Gasteiger partial charge in [0.05, 0.1) is 30.7 Å². The summed E-state index contributed by atoms with van der Waals surface area (Å²) in [6.45, 7) is 2.96. The predicted octanol–water partition coefficient (Wildman–Crippen LogP) is 5.52. The van der Waals surface area contributed by atoms with Crippen LogP contribution >= 0.6 is 11.8 Å². The summed E-state index contributed by atoms with van der Waals surface area (Å²) in [4.78, 5) is 26.0. The van der Waals surface area contributed by atoms with Crippen LogP contribution in [0.3, 0.4) is 0 Å². The zero-order valence-corrected chi connectivity index (χ0v) is 17.5. The predicted molar refractivity (Wildman–Crippen MR) is 107 cm³/mol. The van der Waals surface area contributed by atoms with Crippen LogP contribution in [-0.2, 0) is 16.1 Å². The molecule has 30 heavy (non-hydrogen) atoms. The Bertz CT molecular complexity index is 931. The van der Waals surface area contributed by atoms with Crippen molar-refractivity contribution in [2.75, 3.05) is 17.8 Å². The molecule has 0 radical (unpaired) electrons. The molecule has 0 heterocycles. The van der Waals surface area contributed by atoms with E-state index >= 15 is 0 Å². The van der Waals surface area contributed by atoms with E-state index in [1.807, 2.05) is 0 Å². The molecule has 0 aliphatic rings. The summed E-state index contributed by atoms with van der Waals surface area (Å²) in [6, 6.07) is 8.76. The van der Waals surface area contributed by atoms with Gasteiger partial charge in [-0.3, -0.25) is 4.79 Å². The van der Waals surface area contributed by atoms with E-state index in [0.29, 0.717) is 22.9 Å². The fourth-order valence-corrected chi connectivity index (χ4v) is 3.60. The number of ether oxygens (including phenoxy) is 1.